The first-order valence-electron chi connectivity index (χ1n) is 7.77. The van der Waals surface area contributed by atoms with Gasteiger partial charge in [0.1, 0.15) is 11.6 Å². The van der Waals surface area contributed by atoms with Gasteiger partial charge in [-0.15, -0.1) is 0 Å². The van der Waals surface area contributed by atoms with Crippen LogP contribution < -0.4 is 10.6 Å². The number of anilines is 1. The molecule has 1 aromatic carbocycles. The van der Waals surface area contributed by atoms with E-state index < -0.39 is 0 Å². The molecule has 4 rings (SSSR count). The van der Waals surface area contributed by atoms with Gasteiger partial charge in [0.05, 0.1) is 16.4 Å². The van der Waals surface area contributed by atoms with Gasteiger partial charge in [-0.3, -0.25) is 0 Å². The molecule has 2 N–H and O–H groups in total. The van der Waals surface area contributed by atoms with Crippen LogP contribution in [-0.2, 0) is 0 Å². The van der Waals surface area contributed by atoms with E-state index in [0.717, 1.165) is 29.1 Å². The van der Waals surface area contributed by atoms with E-state index in [1.165, 1.54) is 11.8 Å². The van der Waals surface area contributed by atoms with Crippen LogP contribution in [0.3, 0.4) is 0 Å². The molecule has 2 heterocycles. The lowest BCUT2D eigenvalue weighted by molar-refractivity contribution is 1.04. The maximum Gasteiger partial charge on any atom is 0.223 e. The van der Waals surface area contributed by atoms with E-state index in [-0.39, 0.29) is 0 Å². The number of nitriles is 1. The molecule has 0 spiro atoms. The Morgan fingerprint density at radius 1 is 1.25 bits per heavy atom. The zero-order valence-corrected chi connectivity index (χ0v) is 13.7. The highest BCUT2D eigenvalue weighted by atomic mass is 32.2. The molecule has 1 aromatic heterocycles. The predicted octanol–water partition coefficient (Wildman–Crippen LogP) is 3.58. The number of nitrogens with zero attached hydrogens (tertiary/aromatic N) is 3. The Kier molecular flexibility index (Phi) is 3.93. The van der Waals surface area contributed by atoms with Crippen LogP contribution in [0.25, 0.3) is 11.3 Å². The van der Waals surface area contributed by atoms with Crippen molar-refractivity contribution in [3.63, 3.8) is 0 Å². The lowest BCUT2D eigenvalue weighted by Gasteiger charge is -2.08. The largest absolute Gasteiger partial charge is 0.351 e. The smallest absolute Gasteiger partial charge is 0.223 e. The summed E-state index contributed by atoms with van der Waals surface area (Å²) >= 11 is 1.51. The van der Waals surface area contributed by atoms with Gasteiger partial charge in [0.25, 0.3) is 0 Å². The number of thioether (sulfide) groups is 1. The van der Waals surface area contributed by atoms with Crippen LogP contribution in [0.1, 0.15) is 24.1 Å². The van der Waals surface area contributed by atoms with Crippen LogP contribution in [-0.4, -0.2) is 16.0 Å². The summed E-state index contributed by atoms with van der Waals surface area (Å²) in [5.74, 6) is 0.586. The van der Waals surface area contributed by atoms with Crippen LogP contribution in [0.5, 0.6) is 0 Å². The number of hydrogen-bond donors (Lipinski definition) is 2. The average molecular weight is 333 g/mol. The van der Waals surface area contributed by atoms with E-state index >= 15 is 0 Å². The average Bonchev–Trinajstić information content (AvgIpc) is 3.30. The van der Waals surface area contributed by atoms with Crippen molar-refractivity contribution in [2.24, 2.45) is 0 Å². The number of rotatable bonds is 4. The van der Waals surface area contributed by atoms with E-state index in [0.29, 0.717) is 23.3 Å². The molecule has 2 aliphatic rings. The first-order valence-corrected chi connectivity index (χ1v) is 8.65. The van der Waals surface area contributed by atoms with E-state index in [1.54, 1.807) is 12.3 Å². The minimum absolute atomic E-state index is 0.476. The minimum Gasteiger partial charge on any atom is -0.351 e. The van der Waals surface area contributed by atoms with Crippen molar-refractivity contribution in [3.05, 3.63) is 64.3 Å². The van der Waals surface area contributed by atoms with Crippen LogP contribution in [0.4, 0.5) is 5.95 Å². The Morgan fingerprint density at radius 2 is 2.08 bits per heavy atom. The van der Waals surface area contributed by atoms with Crippen LogP contribution in [0.2, 0.25) is 0 Å². The van der Waals surface area contributed by atoms with Gasteiger partial charge in [-0.05, 0) is 24.5 Å². The summed E-state index contributed by atoms with van der Waals surface area (Å²) in [5, 5.41) is 19.0. The van der Waals surface area contributed by atoms with E-state index in [1.807, 2.05) is 35.7 Å². The molecule has 0 atom stereocenters. The summed E-state index contributed by atoms with van der Waals surface area (Å²) < 4.78 is 0. The Morgan fingerprint density at radius 3 is 2.83 bits per heavy atom. The highest BCUT2D eigenvalue weighted by Gasteiger charge is 2.23. The third kappa shape index (κ3) is 3.12. The standard InChI is InChI=1S/C18H15N5S/c19-10-14(15-8-9-20-18(23-15)21-13-6-7-13)17-22-16(11-24-17)12-4-2-1-3-5-12/h1-5,8-9,11,13,22H,6-7H2,(H,20,21,23)/b17-14-. The Balaban J connectivity index is 1.60. The highest BCUT2D eigenvalue weighted by Crippen LogP contribution is 2.34. The highest BCUT2D eigenvalue weighted by molar-refractivity contribution is 8.06. The minimum atomic E-state index is 0.476. The normalized spacial score (nSPS) is 18.4. The molecule has 1 aliphatic heterocycles. The Labute approximate surface area is 144 Å². The summed E-state index contributed by atoms with van der Waals surface area (Å²) in [7, 11) is 0. The Hall–Kier alpha value is -2.78. The number of aromatic nitrogens is 2. The summed E-state index contributed by atoms with van der Waals surface area (Å²) in [4.78, 5) is 8.72. The van der Waals surface area contributed by atoms with Crippen molar-refractivity contribution in [2.75, 3.05) is 5.32 Å². The van der Waals surface area contributed by atoms with Gasteiger partial charge in [0.15, 0.2) is 0 Å². The molecule has 1 saturated carbocycles. The van der Waals surface area contributed by atoms with E-state index in [2.05, 4.69) is 26.7 Å². The molecule has 24 heavy (non-hydrogen) atoms. The molecule has 0 unspecified atom stereocenters. The van der Waals surface area contributed by atoms with E-state index in [9.17, 15) is 5.26 Å². The molecule has 2 aromatic rings. The fourth-order valence-electron chi connectivity index (χ4n) is 2.38. The van der Waals surface area contributed by atoms with Crippen LogP contribution in [0, 0.1) is 11.3 Å². The second-order valence-electron chi connectivity index (χ2n) is 5.64. The summed E-state index contributed by atoms with van der Waals surface area (Å²) in [6.45, 7) is 0. The number of benzene rings is 1. The third-order valence-corrected chi connectivity index (χ3v) is 4.68. The van der Waals surface area contributed by atoms with Gasteiger partial charge < -0.3 is 10.6 Å². The monoisotopic (exact) mass is 333 g/mol. The first-order chi connectivity index (χ1) is 11.8. The zero-order valence-electron chi connectivity index (χ0n) is 12.9. The quantitative estimate of drug-likeness (QED) is 0.833. The number of allylic oxidation sites excluding steroid dienone is 1. The van der Waals surface area contributed by atoms with Gasteiger partial charge in [0, 0.05) is 17.6 Å². The molecule has 1 fully saturated rings. The van der Waals surface area contributed by atoms with Crippen LogP contribution in [0.15, 0.2) is 53.0 Å². The van der Waals surface area contributed by atoms with Crippen molar-refractivity contribution < 1.29 is 0 Å². The predicted molar refractivity (Wildman–Crippen MR) is 96.4 cm³/mol. The second-order valence-corrected chi connectivity index (χ2v) is 6.52. The van der Waals surface area contributed by atoms with Gasteiger partial charge in [-0.25, -0.2) is 9.97 Å². The molecule has 0 bridgehead atoms. The second kappa shape index (κ2) is 6.38. The molecule has 0 saturated heterocycles. The first kappa shape index (κ1) is 14.8. The van der Waals surface area contributed by atoms with Gasteiger partial charge in [-0.1, -0.05) is 42.1 Å². The number of hydrogen-bond acceptors (Lipinski definition) is 6. The zero-order chi connectivity index (χ0) is 16.4. The molecule has 1 aliphatic carbocycles. The maximum absolute atomic E-state index is 9.62. The fraction of sp³-hybridized carbons (Fsp3) is 0.167. The molecule has 0 amide bonds. The van der Waals surface area contributed by atoms with Gasteiger partial charge in [0.2, 0.25) is 5.95 Å². The van der Waals surface area contributed by atoms with E-state index in [4.69, 9.17) is 0 Å². The molecule has 0 radical (unpaired) electrons. The molecule has 118 valence electrons. The summed E-state index contributed by atoms with van der Waals surface area (Å²) in [6.07, 6.45) is 4.00. The third-order valence-electron chi connectivity index (χ3n) is 3.79. The fourth-order valence-corrected chi connectivity index (χ4v) is 3.25. The molecule has 6 heteroatoms. The molecular formula is C18H15N5S. The topological polar surface area (TPSA) is 73.6 Å². The lowest BCUT2D eigenvalue weighted by atomic mass is 10.1. The van der Waals surface area contributed by atoms with Crippen molar-refractivity contribution in [2.45, 2.75) is 18.9 Å². The van der Waals surface area contributed by atoms with Crippen molar-refractivity contribution in [3.8, 4) is 6.07 Å². The van der Waals surface area contributed by atoms with Gasteiger partial charge in [-0.2, -0.15) is 5.26 Å². The van der Waals surface area contributed by atoms with Crippen LogP contribution >= 0.6 is 11.8 Å². The molecular weight excluding hydrogens is 318 g/mol. The summed E-state index contributed by atoms with van der Waals surface area (Å²) in [5.41, 5.74) is 3.25. The van der Waals surface area contributed by atoms with Crippen molar-refractivity contribution in [1.82, 2.24) is 15.3 Å². The van der Waals surface area contributed by atoms with Crippen molar-refractivity contribution in [1.29, 1.82) is 5.26 Å². The lowest BCUT2D eigenvalue weighted by Crippen LogP contribution is -2.09. The molecule has 5 nitrogen and oxygen atoms in total. The number of nitrogens with one attached hydrogen (secondary N) is 2. The Bertz CT molecular complexity index is 862. The van der Waals surface area contributed by atoms with Gasteiger partial charge >= 0.3 is 0 Å². The summed E-state index contributed by atoms with van der Waals surface area (Å²) in [6, 6.07) is 14.6. The van der Waals surface area contributed by atoms with Crippen molar-refractivity contribution >= 4 is 29.0 Å². The SMILES string of the molecule is N#C/C(=C1\NC(c2ccccc2)=CS1)c1ccnc(NC2CC2)n1. The maximum atomic E-state index is 9.62.